The second-order valence-electron chi connectivity index (χ2n) is 2.70. The number of aromatic amines is 1. The number of carboxylic acid groups (broad SMARTS) is 1. The molecule has 2 aromatic rings. The van der Waals surface area contributed by atoms with Crippen LogP contribution < -0.4 is 0 Å². The predicted octanol–water partition coefficient (Wildman–Crippen LogP) is 4.68. The second-order valence-corrected chi connectivity index (χ2v) is 3.61. The summed E-state index contributed by atoms with van der Waals surface area (Å²) in [5.74, 6) is -0.913. The van der Waals surface area contributed by atoms with Crippen LogP contribution in [0.2, 0.25) is 0 Å². The van der Waals surface area contributed by atoms with Gasteiger partial charge in [-0.2, -0.15) is 0 Å². The highest BCUT2D eigenvalue weighted by molar-refractivity contribution is 9.10. The van der Waals surface area contributed by atoms with Crippen LogP contribution in [0, 0.1) is 0 Å². The number of carbonyl (C=O) groups is 1. The van der Waals surface area contributed by atoms with Gasteiger partial charge in [0, 0.05) is 21.6 Å². The van der Waals surface area contributed by atoms with Crippen LogP contribution in [-0.2, 0) is 0 Å². The molecule has 0 radical (unpaired) electrons. The molecule has 0 atom stereocenters. The number of rotatable bonds is 1. The van der Waals surface area contributed by atoms with Gasteiger partial charge in [0.25, 0.3) is 0 Å². The Morgan fingerprint density at radius 3 is 2.35 bits per heavy atom. The van der Waals surface area contributed by atoms with Gasteiger partial charge in [-0.3, -0.25) is 0 Å². The van der Waals surface area contributed by atoms with Gasteiger partial charge in [0.1, 0.15) is 0 Å². The molecular formula is C13H18BrNO2. The van der Waals surface area contributed by atoms with Gasteiger partial charge in [0.2, 0.25) is 0 Å². The molecule has 0 saturated heterocycles. The van der Waals surface area contributed by atoms with E-state index in [2.05, 4.69) is 20.9 Å². The lowest BCUT2D eigenvalue weighted by Gasteiger charge is -1.92. The Kier molecular flexibility index (Phi) is 7.30. The Labute approximate surface area is 110 Å². The van der Waals surface area contributed by atoms with Gasteiger partial charge in [-0.1, -0.05) is 43.6 Å². The van der Waals surface area contributed by atoms with Crippen LogP contribution in [0.4, 0.5) is 0 Å². The summed E-state index contributed by atoms with van der Waals surface area (Å²) < 4.78 is 0.877. The summed E-state index contributed by atoms with van der Waals surface area (Å²) in [6.07, 6.45) is 1.50. The molecule has 2 N–H and O–H groups in total. The van der Waals surface area contributed by atoms with Crippen molar-refractivity contribution in [3.8, 4) is 0 Å². The van der Waals surface area contributed by atoms with Crippen LogP contribution in [0.3, 0.4) is 0 Å². The quantitative estimate of drug-likeness (QED) is 0.803. The number of hydrogen-bond donors (Lipinski definition) is 2. The second kappa shape index (κ2) is 7.90. The van der Waals surface area contributed by atoms with Crippen molar-refractivity contribution >= 4 is 32.8 Å². The van der Waals surface area contributed by atoms with Crippen LogP contribution in [-0.4, -0.2) is 16.1 Å². The van der Waals surface area contributed by atoms with Crippen LogP contribution in [0.1, 0.15) is 38.1 Å². The molecule has 0 aliphatic rings. The Hall–Kier alpha value is -1.29. The Morgan fingerprint density at radius 2 is 1.82 bits per heavy atom. The minimum absolute atomic E-state index is 0.302. The Morgan fingerprint density at radius 1 is 1.24 bits per heavy atom. The van der Waals surface area contributed by atoms with Crippen LogP contribution >= 0.6 is 15.9 Å². The monoisotopic (exact) mass is 299 g/mol. The van der Waals surface area contributed by atoms with Crippen molar-refractivity contribution in [2.24, 2.45) is 0 Å². The SMILES string of the molecule is CC.CC.O=C(O)c1c[nH]c2ccc(Br)cc12. The third-order valence-electron chi connectivity index (χ3n) is 1.87. The van der Waals surface area contributed by atoms with Crippen LogP contribution in [0.15, 0.2) is 28.9 Å². The lowest BCUT2D eigenvalue weighted by Crippen LogP contribution is -1.93. The van der Waals surface area contributed by atoms with Crippen molar-refractivity contribution in [2.75, 3.05) is 0 Å². The van der Waals surface area contributed by atoms with Gasteiger partial charge in [-0.05, 0) is 18.2 Å². The van der Waals surface area contributed by atoms with Crippen molar-refractivity contribution in [1.82, 2.24) is 4.98 Å². The van der Waals surface area contributed by atoms with Gasteiger partial charge in [-0.15, -0.1) is 0 Å². The molecule has 94 valence electrons. The van der Waals surface area contributed by atoms with E-state index >= 15 is 0 Å². The first kappa shape index (κ1) is 15.7. The topological polar surface area (TPSA) is 53.1 Å². The Balaban J connectivity index is 0.000000581. The van der Waals surface area contributed by atoms with Gasteiger partial charge >= 0.3 is 5.97 Å². The fourth-order valence-corrected chi connectivity index (χ4v) is 1.63. The molecule has 4 heteroatoms. The molecule has 0 bridgehead atoms. The minimum Gasteiger partial charge on any atom is -0.478 e. The maximum absolute atomic E-state index is 10.8. The number of H-pyrrole nitrogens is 1. The predicted molar refractivity (Wildman–Crippen MR) is 75.7 cm³/mol. The van der Waals surface area contributed by atoms with E-state index in [1.54, 1.807) is 6.07 Å². The average molecular weight is 300 g/mol. The first-order valence-electron chi connectivity index (χ1n) is 5.68. The zero-order chi connectivity index (χ0) is 13.4. The number of hydrogen-bond acceptors (Lipinski definition) is 1. The first-order chi connectivity index (χ1) is 8.18. The summed E-state index contributed by atoms with van der Waals surface area (Å²) in [4.78, 5) is 13.6. The van der Waals surface area contributed by atoms with Gasteiger partial charge in [0.05, 0.1) is 5.56 Å². The highest BCUT2D eigenvalue weighted by Crippen LogP contribution is 2.22. The first-order valence-corrected chi connectivity index (χ1v) is 6.48. The minimum atomic E-state index is -0.913. The number of fused-ring (bicyclic) bond motifs is 1. The molecule has 0 aliphatic heterocycles. The third-order valence-corrected chi connectivity index (χ3v) is 2.37. The summed E-state index contributed by atoms with van der Waals surface area (Å²) in [5.41, 5.74) is 1.14. The fraction of sp³-hybridized carbons (Fsp3) is 0.308. The number of aromatic carboxylic acids is 1. The summed E-state index contributed by atoms with van der Waals surface area (Å²) in [7, 11) is 0. The molecule has 0 aliphatic carbocycles. The highest BCUT2D eigenvalue weighted by Gasteiger charge is 2.09. The molecular weight excluding hydrogens is 282 g/mol. The molecule has 0 fully saturated rings. The van der Waals surface area contributed by atoms with Crippen molar-refractivity contribution in [3.63, 3.8) is 0 Å². The molecule has 17 heavy (non-hydrogen) atoms. The largest absolute Gasteiger partial charge is 0.478 e. The normalized spacial score (nSPS) is 8.76. The van der Waals surface area contributed by atoms with Crippen molar-refractivity contribution in [1.29, 1.82) is 0 Å². The molecule has 1 aromatic carbocycles. The van der Waals surface area contributed by atoms with E-state index in [1.165, 1.54) is 6.20 Å². The van der Waals surface area contributed by atoms with Crippen molar-refractivity contribution in [3.05, 3.63) is 34.4 Å². The fourth-order valence-electron chi connectivity index (χ4n) is 1.27. The summed E-state index contributed by atoms with van der Waals surface area (Å²) in [6.45, 7) is 8.00. The summed E-state index contributed by atoms with van der Waals surface area (Å²) in [5, 5.41) is 9.55. The standard InChI is InChI=1S/C9H6BrNO2.2C2H6/c10-5-1-2-8-6(3-5)7(4-11-8)9(12)13;2*1-2/h1-4,11H,(H,12,13);2*1-2H3. The van der Waals surface area contributed by atoms with Gasteiger partial charge < -0.3 is 10.1 Å². The average Bonchev–Trinajstić information content (AvgIpc) is 2.77. The highest BCUT2D eigenvalue weighted by atomic mass is 79.9. The molecule has 1 aromatic heterocycles. The molecule has 0 amide bonds. The lowest BCUT2D eigenvalue weighted by molar-refractivity contribution is 0.0699. The number of carboxylic acids is 1. The van der Waals surface area contributed by atoms with E-state index in [-0.39, 0.29) is 0 Å². The number of halogens is 1. The van der Waals surface area contributed by atoms with E-state index < -0.39 is 5.97 Å². The smallest absolute Gasteiger partial charge is 0.337 e. The van der Waals surface area contributed by atoms with Gasteiger partial charge in [-0.25, -0.2) is 4.79 Å². The van der Waals surface area contributed by atoms with Crippen LogP contribution in [0.25, 0.3) is 10.9 Å². The third kappa shape index (κ3) is 3.89. The number of nitrogens with one attached hydrogen (secondary N) is 1. The summed E-state index contributed by atoms with van der Waals surface area (Å²) >= 11 is 3.29. The molecule has 1 heterocycles. The van der Waals surface area contributed by atoms with Crippen molar-refractivity contribution < 1.29 is 9.90 Å². The molecule has 2 rings (SSSR count). The molecule has 0 saturated carbocycles. The number of benzene rings is 1. The zero-order valence-electron chi connectivity index (χ0n) is 10.5. The number of aromatic nitrogens is 1. The van der Waals surface area contributed by atoms with E-state index in [0.717, 1.165) is 15.4 Å². The molecule has 0 spiro atoms. The maximum Gasteiger partial charge on any atom is 0.337 e. The molecule has 3 nitrogen and oxygen atoms in total. The lowest BCUT2D eigenvalue weighted by atomic mass is 10.2. The van der Waals surface area contributed by atoms with E-state index in [1.807, 2.05) is 39.8 Å². The van der Waals surface area contributed by atoms with E-state index in [9.17, 15) is 4.79 Å². The van der Waals surface area contributed by atoms with Gasteiger partial charge in [0.15, 0.2) is 0 Å². The Bertz CT molecular complexity index is 477. The van der Waals surface area contributed by atoms with E-state index in [4.69, 9.17) is 5.11 Å². The van der Waals surface area contributed by atoms with Crippen LogP contribution in [0.5, 0.6) is 0 Å². The zero-order valence-corrected chi connectivity index (χ0v) is 12.1. The summed E-state index contributed by atoms with van der Waals surface area (Å²) in [6, 6.07) is 5.49. The van der Waals surface area contributed by atoms with Crippen molar-refractivity contribution in [2.45, 2.75) is 27.7 Å². The maximum atomic E-state index is 10.8. The van der Waals surface area contributed by atoms with E-state index in [0.29, 0.717) is 5.56 Å². The molecule has 0 unspecified atom stereocenters.